The van der Waals surface area contributed by atoms with Gasteiger partial charge in [-0.1, -0.05) is 20.8 Å². The lowest BCUT2D eigenvalue weighted by atomic mass is 9.92. The molecule has 0 radical (unpaired) electrons. The second-order valence-electron chi connectivity index (χ2n) is 6.62. The molecule has 0 spiro atoms. The van der Waals surface area contributed by atoms with Crippen molar-refractivity contribution in [2.75, 3.05) is 7.11 Å². The van der Waals surface area contributed by atoms with Gasteiger partial charge in [0, 0.05) is 7.11 Å². The number of ether oxygens (including phenoxy) is 1. The maximum Gasteiger partial charge on any atom is 0.192 e. The first-order valence-electron chi connectivity index (χ1n) is 6.58. The minimum atomic E-state index is -1.83. The predicted octanol–water partition coefficient (Wildman–Crippen LogP) is 2.94. The zero-order chi connectivity index (χ0) is 13.3. The number of aliphatic hydroxyl groups excluding tert-OH is 1. The van der Waals surface area contributed by atoms with Crippen LogP contribution in [0.25, 0.3) is 0 Å². The highest BCUT2D eigenvalue weighted by Crippen LogP contribution is 2.39. The van der Waals surface area contributed by atoms with E-state index >= 15 is 0 Å². The van der Waals surface area contributed by atoms with Crippen LogP contribution in [0.2, 0.25) is 18.1 Å². The lowest BCUT2D eigenvalue weighted by Gasteiger charge is -2.44. The third-order valence-electron chi connectivity index (χ3n) is 4.27. The highest BCUT2D eigenvalue weighted by atomic mass is 28.4. The van der Waals surface area contributed by atoms with Gasteiger partial charge in [-0.3, -0.25) is 0 Å². The van der Waals surface area contributed by atoms with Crippen molar-refractivity contribution in [3.05, 3.63) is 0 Å². The summed E-state index contributed by atoms with van der Waals surface area (Å²) in [6, 6.07) is 0. The Morgan fingerprint density at radius 1 is 1.18 bits per heavy atom. The van der Waals surface area contributed by atoms with Crippen molar-refractivity contribution in [2.45, 2.75) is 76.5 Å². The molecular formula is C13H28O3Si. The molecule has 0 amide bonds. The van der Waals surface area contributed by atoms with Crippen LogP contribution in [0.3, 0.4) is 0 Å². The van der Waals surface area contributed by atoms with Gasteiger partial charge in [0.25, 0.3) is 0 Å². The van der Waals surface area contributed by atoms with E-state index in [1.54, 1.807) is 7.11 Å². The first kappa shape index (κ1) is 15.2. The van der Waals surface area contributed by atoms with Crippen molar-refractivity contribution in [2.24, 2.45) is 0 Å². The Morgan fingerprint density at radius 3 is 2.24 bits per heavy atom. The summed E-state index contributed by atoms with van der Waals surface area (Å²) in [5.74, 6) is 0. The average Bonchev–Trinajstić information content (AvgIpc) is 2.19. The minimum absolute atomic E-state index is 0.0490. The molecule has 0 bridgehead atoms. The van der Waals surface area contributed by atoms with Gasteiger partial charge in [0.05, 0.1) is 18.3 Å². The van der Waals surface area contributed by atoms with Gasteiger partial charge < -0.3 is 14.3 Å². The second kappa shape index (κ2) is 5.39. The van der Waals surface area contributed by atoms with Crippen molar-refractivity contribution < 1.29 is 14.3 Å². The molecule has 0 aromatic carbocycles. The fraction of sp³-hybridized carbons (Fsp3) is 1.00. The lowest BCUT2D eigenvalue weighted by Crippen LogP contribution is -2.53. The van der Waals surface area contributed by atoms with Gasteiger partial charge in [0.2, 0.25) is 0 Å². The van der Waals surface area contributed by atoms with Crippen LogP contribution in [0.4, 0.5) is 0 Å². The maximum atomic E-state index is 10.1. The molecule has 17 heavy (non-hydrogen) atoms. The standard InChI is InChI=1S/C13H28O3Si/c1-13(2,3)17(5,6)16-12-10(14)8-7-9-11(12)15-4/h10-12,14H,7-9H2,1-6H3/t10?,11-,12?/m1/s1. The van der Waals surface area contributed by atoms with Gasteiger partial charge in [0.15, 0.2) is 8.32 Å². The Hall–Kier alpha value is 0.0969. The number of hydrogen-bond donors (Lipinski definition) is 1. The molecule has 0 aliphatic heterocycles. The zero-order valence-corrected chi connectivity index (χ0v) is 13.1. The van der Waals surface area contributed by atoms with E-state index in [9.17, 15) is 5.11 Å². The van der Waals surface area contributed by atoms with Gasteiger partial charge >= 0.3 is 0 Å². The van der Waals surface area contributed by atoms with Gasteiger partial charge in [-0.15, -0.1) is 0 Å². The van der Waals surface area contributed by atoms with E-state index in [0.29, 0.717) is 0 Å². The van der Waals surface area contributed by atoms with Gasteiger partial charge in [-0.05, 0) is 37.4 Å². The van der Waals surface area contributed by atoms with E-state index in [1.165, 1.54) is 0 Å². The fourth-order valence-corrected chi connectivity index (χ4v) is 3.37. The molecule has 4 heteroatoms. The average molecular weight is 260 g/mol. The Kier molecular flexibility index (Phi) is 4.80. The molecule has 0 saturated heterocycles. The van der Waals surface area contributed by atoms with E-state index in [1.807, 2.05) is 0 Å². The maximum absolute atomic E-state index is 10.1. The summed E-state index contributed by atoms with van der Waals surface area (Å²) >= 11 is 0. The van der Waals surface area contributed by atoms with Crippen molar-refractivity contribution in [1.29, 1.82) is 0 Å². The van der Waals surface area contributed by atoms with E-state index in [-0.39, 0.29) is 23.4 Å². The zero-order valence-electron chi connectivity index (χ0n) is 12.1. The summed E-state index contributed by atoms with van der Waals surface area (Å²) in [4.78, 5) is 0. The topological polar surface area (TPSA) is 38.7 Å². The quantitative estimate of drug-likeness (QED) is 0.793. The van der Waals surface area contributed by atoms with Gasteiger partial charge in [0.1, 0.15) is 0 Å². The van der Waals surface area contributed by atoms with Gasteiger partial charge in [-0.25, -0.2) is 0 Å². The smallest absolute Gasteiger partial charge is 0.192 e. The summed E-state index contributed by atoms with van der Waals surface area (Å²) in [5.41, 5.74) is 0. The van der Waals surface area contributed by atoms with E-state index in [4.69, 9.17) is 9.16 Å². The molecule has 1 aliphatic carbocycles. The third kappa shape index (κ3) is 3.53. The minimum Gasteiger partial charge on any atom is -0.409 e. The van der Waals surface area contributed by atoms with Gasteiger partial charge in [-0.2, -0.15) is 0 Å². The lowest BCUT2D eigenvalue weighted by molar-refractivity contribution is -0.0923. The van der Waals surface area contributed by atoms with E-state index < -0.39 is 8.32 Å². The molecule has 1 rings (SSSR count). The van der Waals surface area contributed by atoms with Crippen LogP contribution in [0, 0.1) is 0 Å². The normalized spacial score (nSPS) is 31.6. The Bertz CT molecular complexity index is 248. The molecule has 102 valence electrons. The molecule has 0 aromatic rings. The highest BCUT2D eigenvalue weighted by Gasteiger charge is 2.43. The molecule has 1 fully saturated rings. The summed E-state index contributed by atoms with van der Waals surface area (Å²) in [5, 5.41) is 10.3. The number of methoxy groups -OCH3 is 1. The van der Waals surface area contributed by atoms with Crippen LogP contribution in [0.15, 0.2) is 0 Å². The van der Waals surface area contributed by atoms with E-state index in [0.717, 1.165) is 19.3 Å². The first-order valence-corrected chi connectivity index (χ1v) is 9.48. The second-order valence-corrected chi connectivity index (χ2v) is 11.4. The molecule has 1 aliphatic rings. The molecule has 3 nitrogen and oxygen atoms in total. The van der Waals surface area contributed by atoms with Crippen molar-refractivity contribution in [1.82, 2.24) is 0 Å². The monoisotopic (exact) mass is 260 g/mol. The Morgan fingerprint density at radius 2 is 1.76 bits per heavy atom. The summed E-state index contributed by atoms with van der Waals surface area (Å²) in [6.45, 7) is 11.1. The molecular weight excluding hydrogens is 232 g/mol. The summed E-state index contributed by atoms with van der Waals surface area (Å²) in [7, 11) is -0.119. The first-order chi connectivity index (χ1) is 7.69. The molecule has 3 atom stereocenters. The summed E-state index contributed by atoms with van der Waals surface area (Å²) in [6.07, 6.45) is 2.38. The molecule has 2 unspecified atom stereocenters. The number of rotatable bonds is 3. The summed E-state index contributed by atoms with van der Waals surface area (Å²) < 4.78 is 11.8. The third-order valence-corrected chi connectivity index (χ3v) is 8.75. The van der Waals surface area contributed by atoms with Crippen molar-refractivity contribution >= 4 is 8.32 Å². The molecule has 0 heterocycles. The van der Waals surface area contributed by atoms with E-state index in [2.05, 4.69) is 33.9 Å². The fourth-order valence-electron chi connectivity index (χ4n) is 2.03. The number of hydrogen-bond acceptors (Lipinski definition) is 3. The van der Waals surface area contributed by atoms with Crippen LogP contribution in [-0.2, 0) is 9.16 Å². The highest BCUT2D eigenvalue weighted by molar-refractivity contribution is 6.74. The largest absolute Gasteiger partial charge is 0.409 e. The Balaban J connectivity index is 2.76. The van der Waals surface area contributed by atoms with Crippen LogP contribution in [-0.4, -0.2) is 38.8 Å². The van der Waals surface area contributed by atoms with Crippen LogP contribution in [0.5, 0.6) is 0 Å². The molecule has 1 saturated carbocycles. The number of aliphatic hydroxyl groups is 1. The SMILES string of the molecule is CO[C@@H]1CCCC(O)C1O[Si](C)(C)C(C)(C)C. The van der Waals surface area contributed by atoms with Crippen LogP contribution >= 0.6 is 0 Å². The van der Waals surface area contributed by atoms with Crippen molar-refractivity contribution in [3.8, 4) is 0 Å². The molecule has 1 N–H and O–H groups in total. The molecule has 0 aromatic heterocycles. The Labute approximate surface area is 107 Å². The predicted molar refractivity (Wildman–Crippen MR) is 72.7 cm³/mol. The van der Waals surface area contributed by atoms with Crippen LogP contribution < -0.4 is 0 Å². The van der Waals surface area contributed by atoms with Crippen molar-refractivity contribution in [3.63, 3.8) is 0 Å². The van der Waals surface area contributed by atoms with Crippen LogP contribution in [0.1, 0.15) is 40.0 Å².